The Morgan fingerprint density at radius 2 is 2.31 bits per heavy atom. The third kappa shape index (κ3) is 1.87. The minimum Gasteiger partial charge on any atom is -0.442 e. The first-order chi connectivity index (χ1) is 7.38. The maximum absolute atomic E-state index is 10.6. The summed E-state index contributed by atoms with van der Waals surface area (Å²) < 4.78 is 7.37. The molecule has 88 valence electrons. The zero-order valence-electron chi connectivity index (χ0n) is 9.64. The van der Waals surface area contributed by atoms with Crippen molar-refractivity contribution in [3.63, 3.8) is 0 Å². The van der Waals surface area contributed by atoms with E-state index in [1.54, 1.807) is 4.57 Å². The van der Waals surface area contributed by atoms with Gasteiger partial charge in [-0.05, 0) is 10.3 Å². The van der Waals surface area contributed by atoms with Crippen molar-refractivity contribution in [1.82, 2.24) is 9.55 Å². The van der Waals surface area contributed by atoms with Crippen LogP contribution in [-0.2, 0) is 6.54 Å². The van der Waals surface area contributed by atoms with Crippen LogP contribution in [-0.4, -0.2) is 20.6 Å². The Hall–Kier alpha value is -1.59. The summed E-state index contributed by atoms with van der Waals surface area (Å²) in [6.07, 6.45) is 2.33. The lowest BCUT2D eigenvalue weighted by Gasteiger charge is -2.32. The number of ether oxygens (including phenoxy) is 1. The molecule has 2 heterocycles. The molecule has 0 aliphatic carbocycles. The molecule has 1 atom stereocenters. The number of hydrogen-bond acceptors (Lipinski definition) is 4. The number of aromatic nitrogens is 2. The largest absolute Gasteiger partial charge is 0.442 e. The van der Waals surface area contributed by atoms with E-state index in [9.17, 15) is 10.1 Å². The topological polar surface area (TPSA) is 70.2 Å². The summed E-state index contributed by atoms with van der Waals surface area (Å²) >= 11 is 0. The lowest BCUT2D eigenvalue weighted by atomic mass is 9.86. The van der Waals surface area contributed by atoms with Crippen molar-refractivity contribution in [3.8, 4) is 6.01 Å². The molecule has 16 heavy (non-hydrogen) atoms. The molecule has 0 aromatic carbocycles. The molecule has 1 aromatic rings. The fourth-order valence-corrected chi connectivity index (χ4v) is 1.78. The number of aryl methyl sites for hydroxylation is 1. The molecule has 1 aromatic heterocycles. The monoisotopic (exact) mass is 225 g/mol. The minimum absolute atomic E-state index is 0.0198. The Bertz CT molecular complexity index is 419. The van der Waals surface area contributed by atoms with Crippen molar-refractivity contribution in [3.05, 3.63) is 16.3 Å². The minimum atomic E-state index is -0.499. The maximum atomic E-state index is 10.6. The highest BCUT2D eigenvalue weighted by Gasteiger charge is 2.34. The summed E-state index contributed by atoms with van der Waals surface area (Å²) in [5.41, 5.74) is 0.0198. The Morgan fingerprint density at radius 1 is 1.62 bits per heavy atom. The van der Waals surface area contributed by atoms with E-state index in [-0.39, 0.29) is 17.3 Å². The SMILES string of the molecule is CC(C)(C)[C@H]1CCn2cc([N+](=O)[O-])nc2O1. The summed E-state index contributed by atoms with van der Waals surface area (Å²) in [6, 6.07) is 0.359. The number of imidazole rings is 1. The first-order valence-corrected chi connectivity index (χ1v) is 5.26. The lowest BCUT2D eigenvalue weighted by molar-refractivity contribution is -0.389. The van der Waals surface area contributed by atoms with Crippen LogP contribution >= 0.6 is 0 Å². The van der Waals surface area contributed by atoms with E-state index >= 15 is 0 Å². The van der Waals surface area contributed by atoms with Gasteiger partial charge >= 0.3 is 11.8 Å². The molecule has 0 saturated heterocycles. The van der Waals surface area contributed by atoms with E-state index in [0.717, 1.165) is 13.0 Å². The average Bonchev–Trinajstić information content (AvgIpc) is 2.58. The molecule has 0 spiro atoms. The second-order valence-electron chi connectivity index (χ2n) is 5.09. The zero-order valence-corrected chi connectivity index (χ0v) is 9.64. The first-order valence-electron chi connectivity index (χ1n) is 5.26. The van der Waals surface area contributed by atoms with Crippen LogP contribution in [0.25, 0.3) is 0 Å². The van der Waals surface area contributed by atoms with Gasteiger partial charge in [0.2, 0.25) is 0 Å². The highest BCUT2D eigenvalue weighted by Crippen LogP contribution is 2.32. The standard InChI is InChI=1S/C10H15N3O3/c1-10(2,3)7-4-5-12-6-8(13(14)15)11-9(12)16-7/h6-7H,4-5H2,1-3H3/t7-/m1/s1. The molecule has 1 aliphatic heterocycles. The molecule has 0 saturated carbocycles. The third-order valence-corrected chi connectivity index (χ3v) is 2.76. The van der Waals surface area contributed by atoms with Crippen molar-refractivity contribution < 1.29 is 9.66 Å². The van der Waals surface area contributed by atoms with Crippen molar-refractivity contribution in [2.75, 3.05) is 0 Å². The van der Waals surface area contributed by atoms with Crippen molar-refractivity contribution in [1.29, 1.82) is 0 Å². The van der Waals surface area contributed by atoms with Gasteiger partial charge in [-0.3, -0.25) is 4.57 Å². The molecular formula is C10H15N3O3. The Labute approximate surface area is 93.4 Å². The highest BCUT2D eigenvalue weighted by atomic mass is 16.6. The Morgan fingerprint density at radius 3 is 2.88 bits per heavy atom. The van der Waals surface area contributed by atoms with Crippen LogP contribution in [0, 0.1) is 15.5 Å². The van der Waals surface area contributed by atoms with Gasteiger partial charge in [0.25, 0.3) is 0 Å². The zero-order chi connectivity index (χ0) is 11.9. The van der Waals surface area contributed by atoms with Gasteiger partial charge in [0.15, 0.2) is 0 Å². The number of hydrogen-bond donors (Lipinski definition) is 0. The fraction of sp³-hybridized carbons (Fsp3) is 0.700. The second kappa shape index (κ2) is 3.47. The van der Waals surface area contributed by atoms with Crippen LogP contribution < -0.4 is 4.74 Å². The van der Waals surface area contributed by atoms with Gasteiger partial charge in [-0.15, -0.1) is 0 Å². The van der Waals surface area contributed by atoms with Crippen LogP contribution in [0.3, 0.4) is 0 Å². The highest BCUT2D eigenvalue weighted by molar-refractivity contribution is 5.21. The van der Waals surface area contributed by atoms with Gasteiger partial charge < -0.3 is 14.9 Å². The molecule has 2 rings (SSSR count). The molecule has 0 N–H and O–H groups in total. The van der Waals surface area contributed by atoms with Gasteiger partial charge in [0.1, 0.15) is 12.3 Å². The normalized spacial score (nSPS) is 20.1. The Kier molecular flexibility index (Phi) is 2.36. The predicted molar refractivity (Wildman–Crippen MR) is 57.4 cm³/mol. The van der Waals surface area contributed by atoms with Crippen molar-refractivity contribution in [2.45, 2.75) is 39.8 Å². The fourth-order valence-electron chi connectivity index (χ4n) is 1.78. The molecule has 0 radical (unpaired) electrons. The van der Waals surface area contributed by atoms with Gasteiger partial charge in [-0.1, -0.05) is 20.8 Å². The summed E-state index contributed by atoms with van der Waals surface area (Å²) in [7, 11) is 0. The molecule has 0 bridgehead atoms. The van der Waals surface area contributed by atoms with Crippen molar-refractivity contribution >= 4 is 5.82 Å². The lowest BCUT2D eigenvalue weighted by Crippen LogP contribution is -2.36. The predicted octanol–water partition coefficient (Wildman–Crippen LogP) is 1.99. The van der Waals surface area contributed by atoms with E-state index in [2.05, 4.69) is 25.8 Å². The molecule has 0 amide bonds. The molecule has 1 aliphatic rings. The van der Waals surface area contributed by atoms with E-state index in [0.29, 0.717) is 6.01 Å². The quantitative estimate of drug-likeness (QED) is 0.541. The van der Waals surface area contributed by atoms with Gasteiger partial charge in [0.05, 0.1) is 0 Å². The van der Waals surface area contributed by atoms with E-state index < -0.39 is 4.92 Å². The summed E-state index contributed by atoms with van der Waals surface area (Å²) in [6.45, 7) is 6.98. The van der Waals surface area contributed by atoms with Crippen LogP contribution in [0.4, 0.5) is 5.82 Å². The molecule has 0 unspecified atom stereocenters. The number of nitrogens with zero attached hydrogens (tertiary/aromatic N) is 3. The molecule has 6 heteroatoms. The summed E-state index contributed by atoms with van der Waals surface area (Å²) in [5.74, 6) is -0.149. The number of rotatable bonds is 1. The van der Waals surface area contributed by atoms with Crippen LogP contribution in [0.5, 0.6) is 6.01 Å². The van der Waals surface area contributed by atoms with Gasteiger partial charge in [-0.2, -0.15) is 0 Å². The third-order valence-electron chi connectivity index (χ3n) is 2.76. The first kappa shape index (κ1) is 10.9. The van der Waals surface area contributed by atoms with Crippen molar-refractivity contribution in [2.24, 2.45) is 5.41 Å². The van der Waals surface area contributed by atoms with E-state index in [1.165, 1.54) is 6.20 Å². The van der Waals surface area contributed by atoms with E-state index in [1.807, 2.05) is 0 Å². The molecular weight excluding hydrogens is 210 g/mol. The Balaban J connectivity index is 2.24. The smallest absolute Gasteiger partial charge is 0.414 e. The van der Waals surface area contributed by atoms with Gasteiger partial charge in [0, 0.05) is 17.9 Å². The average molecular weight is 225 g/mol. The van der Waals surface area contributed by atoms with Crippen LogP contribution in [0.2, 0.25) is 0 Å². The molecule has 0 fully saturated rings. The number of fused-ring (bicyclic) bond motifs is 1. The maximum Gasteiger partial charge on any atom is 0.414 e. The van der Waals surface area contributed by atoms with E-state index in [4.69, 9.17) is 4.74 Å². The second-order valence-corrected chi connectivity index (χ2v) is 5.09. The molecule has 6 nitrogen and oxygen atoms in total. The van der Waals surface area contributed by atoms with Gasteiger partial charge in [-0.25, -0.2) is 0 Å². The summed E-state index contributed by atoms with van der Waals surface area (Å²) in [4.78, 5) is 13.9. The van der Waals surface area contributed by atoms with Crippen LogP contribution in [0.1, 0.15) is 27.2 Å². The summed E-state index contributed by atoms with van der Waals surface area (Å²) in [5, 5.41) is 10.6. The number of nitro groups is 1. The van der Waals surface area contributed by atoms with Crippen LogP contribution in [0.15, 0.2) is 6.20 Å².